The Hall–Kier alpha value is -1.44. The summed E-state index contributed by atoms with van der Waals surface area (Å²) in [6.07, 6.45) is 2.32. The van der Waals surface area contributed by atoms with Gasteiger partial charge < -0.3 is 0 Å². The Balaban J connectivity index is 2.77. The molecule has 1 unspecified atom stereocenters. The first-order valence-corrected chi connectivity index (χ1v) is 5.25. The van der Waals surface area contributed by atoms with Crippen LogP contribution in [-0.4, -0.2) is 12.1 Å². The molecule has 0 aliphatic carbocycles. The fourth-order valence-electron chi connectivity index (χ4n) is 1.36. The summed E-state index contributed by atoms with van der Waals surface area (Å²) in [6.45, 7) is 4.13. The molecule has 0 saturated heterocycles. The summed E-state index contributed by atoms with van der Waals surface area (Å²) in [5, 5.41) is 0. The first kappa shape index (κ1) is 11.6. The van der Waals surface area contributed by atoms with Gasteiger partial charge in [-0.2, -0.15) is 0 Å². The van der Waals surface area contributed by atoms with E-state index in [1.165, 1.54) is 0 Å². The molecule has 0 aliphatic heterocycles. The smallest absolute Gasteiger partial charge is 0.163 e. The zero-order chi connectivity index (χ0) is 11.3. The van der Waals surface area contributed by atoms with Crippen molar-refractivity contribution in [3.05, 3.63) is 35.4 Å². The largest absolute Gasteiger partial charge is 0.298 e. The highest BCUT2D eigenvalue weighted by molar-refractivity contribution is 5.97. The minimum atomic E-state index is 0.119. The normalized spacial score (nSPS) is 12.1. The zero-order valence-corrected chi connectivity index (χ0v) is 9.19. The summed E-state index contributed by atoms with van der Waals surface area (Å²) in [6, 6.07) is 6.86. The number of aldehydes is 1. The quantitative estimate of drug-likeness (QED) is 0.545. The van der Waals surface area contributed by atoms with Gasteiger partial charge in [-0.05, 0) is 12.0 Å². The van der Waals surface area contributed by atoms with E-state index in [-0.39, 0.29) is 5.78 Å². The van der Waals surface area contributed by atoms with Crippen molar-refractivity contribution in [2.24, 2.45) is 5.92 Å². The van der Waals surface area contributed by atoms with Gasteiger partial charge in [0.25, 0.3) is 0 Å². The Morgan fingerprint density at radius 2 is 2.20 bits per heavy atom. The van der Waals surface area contributed by atoms with Crippen molar-refractivity contribution in [2.75, 3.05) is 0 Å². The first-order valence-electron chi connectivity index (χ1n) is 5.25. The molecule has 0 radical (unpaired) electrons. The molecule has 2 heteroatoms. The van der Waals surface area contributed by atoms with Crippen LogP contribution in [0.2, 0.25) is 0 Å². The molecule has 1 aromatic carbocycles. The highest BCUT2D eigenvalue weighted by atomic mass is 16.1. The number of Topliss-reactive ketones (excluding diaryl/α,β-unsaturated/α-hetero) is 1. The highest BCUT2D eigenvalue weighted by Crippen LogP contribution is 2.13. The van der Waals surface area contributed by atoms with Crippen LogP contribution in [0.5, 0.6) is 0 Å². The van der Waals surface area contributed by atoms with Gasteiger partial charge in [-0.3, -0.25) is 9.59 Å². The van der Waals surface area contributed by atoms with E-state index in [0.29, 0.717) is 23.5 Å². The second-order valence-electron chi connectivity index (χ2n) is 3.88. The van der Waals surface area contributed by atoms with Gasteiger partial charge >= 0.3 is 0 Å². The zero-order valence-electron chi connectivity index (χ0n) is 9.19. The lowest BCUT2D eigenvalue weighted by atomic mass is 9.97. The fraction of sp³-hybridized carbons (Fsp3) is 0.385. The van der Waals surface area contributed by atoms with Crippen LogP contribution in [0.15, 0.2) is 24.3 Å². The SMILES string of the molecule is CCC(C)CC(=O)c1cccc(C=O)c1. The van der Waals surface area contributed by atoms with Crippen LogP contribution in [0, 0.1) is 5.92 Å². The number of rotatable bonds is 5. The lowest BCUT2D eigenvalue weighted by Gasteiger charge is -2.07. The summed E-state index contributed by atoms with van der Waals surface area (Å²) in [5.41, 5.74) is 1.20. The van der Waals surface area contributed by atoms with Gasteiger partial charge in [0.05, 0.1) is 0 Å². The van der Waals surface area contributed by atoms with E-state index in [9.17, 15) is 9.59 Å². The topological polar surface area (TPSA) is 34.1 Å². The molecule has 0 aliphatic rings. The van der Waals surface area contributed by atoms with Crippen LogP contribution in [0.1, 0.15) is 47.4 Å². The second kappa shape index (κ2) is 5.44. The van der Waals surface area contributed by atoms with Crippen molar-refractivity contribution >= 4 is 12.1 Å². The van der Waals surface area contributed by atoms with Gasteiger partial charge in [-0.1, -0.05) is 38.5 Å². The first-order chi connectivity index (χ1) is 7.17. The maximum atomic E-state index is 11.8. The van der Waals surface area contributed by atoms with Crippen molar-refractivity contribution in [3.63, 3.8) is 0 Å². The molecule has 1 aromatic rings. The van der Waals surface area contributed by atoms with Gasteiger partial charge in [0.1, 0.15) is 6.29 Å². The third-order valence-corrected chi connectivity index (χ3v) is 2.58. The molecule has 0 aromatic heterocycles. The summed E-state index contributed by atoms with van der Waals surface area (Å²) in [7, 11) is 0. The van der Waals surface area contributed by atoms with Crippen molar-refractivity contribution < 1.29 is 9.59 Å². The Bertz CT molecular complexity index is 355. The van der Waals surface area contributed by atoms with Gasteiger partial charge in [-0.15, -0.1) is 0 Å². The number of hydrogen-bond donors (Lipinski definition) is 0. The van der Waals surface area contributed by atoms with E-state index in [0.717, 1.165) is 12.7 Å². The molecule has 1 atom stereocenters. The fourth-order valence-corrected chi connectivity index (χ4v) is 1.36. The van der Waals surface area contributed by atoms with E-state index in [1.54, 1.807) is 24.3 Å². The van der Waals surface area contributed by atoms with Gasteiger partial charge in [0.15, 0.2) is 5.78 Å². The average Bonchev–Trinajstić information content (AvgIpc) is 2.28. The van der Waals surface area contributed by atoms with Crippen LogP contribution >= 0.6 is 0 Å². The maximum Gasteiger partial charge on any atom is 0.163 e. The van der Waals surface area contributed by atoms with Crippen molar-refractivity contribution in [1.82, 2.24) is 0 Å². The third-order valence-electron chi connectivity index (χ3n) is 2.58. The molecule has 0 spiro atoms. The minimum Gasteiger partial charge on any atom is -0.298 e. The van der Waals surface area contributed by atoms with Crippen LogP contribution in [0.3, 0.4) is 0 Å². The molecule has 0 fully saturated rings. The summed E-state index contributed by atoms with van der Waals surface area (Å²) in [5.74, 6) is 0.519. The number of carbonyl (C=O) groups excluding carboxylic acids is 2. The van der Waals surface area contributed by atoms with Crippen molar-refractivity contribution in [3.8, 4) is 0 Å². The van der Waals surface area contributed by atoms with Gasteiger partial charge in [-0.25, -0.2) is 0 Å². The standard InChI is InChI=1S/C13H16O2/c1-3-10(2)7-13(15)12-6-4-5-11(8-12)9-14/h4-6,8-10H,3,7H2,1-2H3. The number of carbonyl (C=O) groups is 2. The lowest BCUT2D eigenvalue weighted by molar-refractivity contribution is 0.0963. The van der Waals surface area contributed by atoms with Crippen LogP contribution in [0.25, 0.3) is 0 Å². The second-order valence-corrected chi connectivity index (χ2v) is 3.88. The number of ketones is 1. The van der Waals surface area contributed by atoms with E-state index in [4.69, 9.17) is 0 Å². The lowest BCUT2D eigenvalue weighted by Crippen LogP contribution is -2.05. The Morgan fingerprint density at radius 3 is 2.80 bits per heavy atom. The summed E-state index contributed by atoms with van der Waals surface area (Å²) in [4.78, 5) is 22.3. The molecule has 0 saturated carbocycles. The molecule has 80 valence electrons. The van der Waals surface area contributed by atoms with Crippen LogP contribution < -0.4 is 0 Å². The monoisotopic (exact) mass is 204 g/mol. The summed E-state index contributed by atoms with van der Waals surface area (Å²) < 4.78 is 0. The van der Waals surface area contributed by atoms with E-state index < -0.39 is 0 Å². The van der Waals surface area contributed by atoms with Gasteiger partial charge in [0, 0.05) is 17.5 Å². The van der Waals surface area contributed by atoms with Crippen molar-refractivity contribution in [2.45, 2.75) is 26.7 Å². The van der Waals surface area contributed by atoms with E-state index in [1.807, 2.05) is 0 Å². The molecule has 2 nitrogen and oxygen atoms in total. The molecule has 0 amide bonds. The Kier molecular flexibility index (Phi) is 4.22. The molecule has 0 N–H and O–H groups in total. The van der Waals surface area contributed by atoms with Crippen LogP contribution in [-0.2, 0) is 0 Å². The molecular formula is C13H16O2. The molecule has 0 bridgehead atoms. The predicted molar refractivity (Wildman–Crippen MR) is 60.2 cm³/mol. The molecule has 0 heterocycles. The number of hydrogen-bond acceptors (Lipinski definition) is 2. The summed E-state index contributed by atoms with van der Waals surface area (Å²) >= 11 is 0. The predicted octanol–water partition coefficient (Wildman–Crippen LogP) is 3.12. The van der Waals surface area contributed by atoms with Gasteiger partial charge in [0.2, 0.25) is 0 Å². The van der Waals surface area contributed by atoms with Crippen LogP contribution in [0.4, 0.5) is 0 Å². The number of benzene rings is 1. The third kappa shape index (κ3) is 3.31. The molecular weight excluding hydrogens is 188 g/mol. The highest BCUT2D eigenvalue weighted by Gasteiger charge is 2.09. The molecule has 15 heavy (non-hydrogen) atoms. The minimum absolute atomic E-state index is 0.119. The van der Waals surface area contributed by atoms with E-state index in [2.05, 4.69) is 13.8 Å². The Labute approximate surface area is 90.3 Å². The maximum absolute atomic E-state index is 11.8. The Morgan fingerprint density at radius 1 is 1.47 bits per heavy atom. The molecule has 1 rings (SSSR count). The van der Waals surface area contributed by atoms with Crippen molar-refractivity contribution in [1.29, 1.82) is 0 Å². The average molecular weight is 204 g/mol. The van der Waals surface area contributed by atoms with E-state index >= 15 is 0 Å².